The van der Waals surface area contributed by atoms with E-state index >= 15 is 0 Å². The molecule has 2 rings (SSSR count). The van der Waals surface area contributed by atoms with Crippen molar-refractivity contribution in [1.82, 2.24) is 14.9 Å². The molecule has 0 spiro atoms. The topological polar surface area (TPSA) is 72.9 Å². The van der Waals surface area contributed by atoms with E-state index in [0.29, 0.717) is 13.0 Å². The normalized spacial score (nSPS) is 13.0. The zero-order chi connectivity index (χ0) is 15.6. The lowest BCUT2D eigenvalue weighted by Gasteiger charge is -2.18. The molecule has 0 bridgehead atoms. The Morgan fingerprint density at radius 3 is 2.62 bits per heavy atom. The summed E-state index contributed by atoms with van der Waals surface area (Å²) in [5.74, 6) is -0.305. The molecule has 0 aliphatic carbocycles. The number of rotatable bonds is 6. The fourth-order valence-electron chi connectivity index (χ4n) is 2.47. The van der Waals surface area contributed by atoms with Gasteiger partial charge in [-0.25, -0.2) is 4.98 Å². The zero-order valence-electron chi connectivity index (χ0n) is 13.2. The molecule has 0 radical (unpaired) electrons. The Kier molecular flexibility index (Phi) is 4.63. The minimum absolute atomic E-state index is 0.229. The monoisotopic (exact) mass is 288 g/mol. The molecule has 5 heteroatoms. The van der Waals surface area contributed by atoms with E-state index in [4.69, 9.17) is 5.73 Å². The van der Waals surface area contributed by atoms with Crippen molar-refractivity contribution in [2.75, 3.05) is 0 Å². The maximum atomic E-state index is 11.5. The molecule has 1 aromatic heterocycles. The molecule has 0 aliphatic heterocycles. The quantitative estimate of drug-likeness (QED) is 0.852. The highest BCUT2D eigenvalue weighted by Crippen LogP contribution is 2.18. The first-order chi connectivity index (χ1) is 9.88. The molecule has 21 heavy (non-hydrogen) atoms. The van der Waals surface area contributed by atoms with E-state index < -0.39 is 0 Å². The van der Waals surface area contributed by atoms with Crippen LogP contribution in [0.4, 0.5) is 0 Å². The Morgan fingerprint density at radius 2 is 2.00 bits per heavy atom. The number of aromatic nitrogens is 2. The lowest BCUT2D eigenvalue weighted by molar-refractivity contribution is -0.120. The van der Waals surface area contributed by atoms with E-state index in [-0.39, 0.29) is 18.0 Å². The predicted molar refractivity (Wildman–Crippen MR) is 85.1 cm³/mol. The summed E-state index contributed by atoms with van der Waals surface area (Å²) < 4.78 is 2.08. The van der Waals surface area contributed by atoms with Crippen molar-refractivity contribution in [3.05, 3.63) is 29.6 Å². The number of imidazole rings is 1. The number of primary amides is 1. The summed E-state index contributed by atoms with van der Waals surface area (Å²) in [4.78, 5) is 15.9. The first kappa shape index (κ1) is 15.5. The van der Waals surface area contributed by atoms with Gasteiger partial charge in [-0.3, -0.25) is 4.79 Å². The van der Waals surface area contributed by atoms with Gasteiger partial charge in [-0.05, 0) is 43.5 Å². The van der Waals surface area contributed by atoms with E-state index in [1.807, 2.05) is 20.2 Å². The third-order valence-electron chi connectivity index (χ3n) is 3.77. The highest BCUT2D eigenvalue weighted by molar-refractivity contribution is 5.80. The largest absolute Gasteiger partial charge is 0.368 e. The van der Waals surface area contributed by atoms with Crippen LogP contribution in [0.15, 0.2) is 18.5 Å². The van der Waals surface area contributed by atoms with Crippen LogP contribution >= 0.6 is 0 Å². The number of amides is 1. The molecule has 0 saturated heterocycles. The Balaban J connectivity index is 2.16. The SMILES string of the molecule is Cc1cc2ncn(CCC(NC(C)C)C(N)=O)c2cc1C. The van der Waals surface area contributed by atoms with Crippen molar-refractivity contribution in [1.29, 1.82) is 0 Å². The van der Waals surface area contributed by atoms with Crippen molar-refractivity contribution < 1.29 is 4.79 Å². The number of benzene rings is 1. The third-order valence-corrected chi connectivity index (χ3v) is 3.77. The maximum Gasteiger partial charge on any atom is 0.234 e. The van der Waals surface area contributed by atoms with Crippen molar-refractivity contribution in [3.63, 3.8) is 0 Å². The van der Waals surface area contributed by atoms with Crippen molar-refractivity contribution in [3.8, 4) is 0 Å². The van der Waals surface area contributed by atoms with Crippen LogP contribution in [0.2, 0.25) is 0 Å². The highest BCUT2D eigenvalue weighted by Gasteiger charge is 2.16. The molecule has 0 aliphatic rings. The summed E-state index contributed by atoms with van der Waals surface area (Å²) >= 11 is 0. The second kappa shape index (κ2) is 6.26. The van der Waals surface area contributed by atoms with Crippen molar-refractivity contribution in [2.45, 2.75) is 52.7 Å². The number of nitrogens with one attached hydrogen (secondary N) is 1. The van der Waals surface area contributed by atoms with Gasteiger partial charge in [0.1, 0.15) is 0 Å². The third kappa shape index (κ3) is 3.61. The number of nitrogens with zero attached hydrogens (tertiary/aromatic N) is 2. The molecule has 0 saturated carbocycles. The average Bonchev–Trinajstić information content (AvgIpc) is 2.77. The molecule has 0 fully saturated rings. The summed E-state index contributed by atoms with van der Waals surface area (Å²) in [6.45, 7) is 8.91. The molecule has 2 aromatic rings. The number of nitrogens with two attached hydrogens (primary N) is 1. The lowest BCUT2D eigenvalue weighted by atomic mass is 10.1. The van der Waals surface area contributed by atoms with Gasteiger partial charge in [-0.2, -0.15) is 0 Å². The van der Waals surface area contributed by atoms with Crippen LogP contribution in [-0.2, 0) is 11.3 Å². The zero-order valence-corrected chi connectivity index (χ0v) is 13.2. The summed E-state index contributed by atoms with van der Waals surface area (Å²) in [5, 5.41) is 3.20. The Labute approximate surface area is 125 Å². The van der Waals surface area contributed by atoms with Gasteiger partial charge in [0.25, 0.3) is 0 Å². The van der Waals surface area contributed by atoms with Crippen LogP contribution in [0.5, 0.6) is 0 Å². The van der Waals surface area contributed by atoms with E-state index in [9.17, 15) is 4.79 Å². The van der Waals surface area contributed by atoms with Gasteiger partial charge >= 0.3 is 0 Å². The van der Waals surface area contributed by atoms with E-state index in [2.05, 4.69) is 40.8 Å². The fourth-order valence-corrected chi connectivity index (χ4v) is 2.47. The number of fused-ring (bicyclic) bond motifs is 1. The lowest BCUT2D eigenvalue weighted by Crippen LogP contribution is -2.45. The smallest absolute Gasteiger partial charge is 0.234 e. The summed E-state index contributed by atoms with van der Waals surface area (Å²) in [6, 6.07) is 4.16. The fraction of sp³-hybridized carbons (Fsp3) is 0.500. The second-order valence-corrected chi connectivity index (χ2v) is 5.93. The van der Waals surface area contributed by atoms with Gasteiger partial charge in [0.2, 0.25) is 5.91 Å². The molecule has 114 valence electrons. The van der Waals surface area contributed by atoms with Gasteiger partial charge < -0.3 is 15.6 Å². The van der Waals surface area contributed by atoms with E-state index in [1.165, 1.54) is 11.1 Å². The molecule has 5 nitrogen and oxygen atoms in total. The van der Waals surface area contributed by atoms with Crippen LogP contribution in [0, 0.1) is 13.8 Å². The highest BCUT2D eigenvalue weighted by atomic mass is 16.1. The number of carbonyl (C=O) groups is 1. The number of hydrogen-bond donors (Lipinski definition) is 2. The van der Waals surface area contributed by atoms with Crippen LogP contribution in [-0.4, -0.2) is 27.5 Å². The van der Waals surface area contributed by atoms with Crippen LogP contribution in [0.1, 0.15) is 31.4 Å². The van der Waals surface area contributed by atoms with Crippen LogP contribution in [0.25, 0.3) is 11.0 Å². The molecule has 1 aromatic carbocycles. The van der Waals surface area contributed by atoms with Crippen molar-refractivity contribution >= 4 is 16.9 Å². The molecule has 1 atom stereocenters. The van der Waals surface area contributed by atoms with Gasteiger partial charge in [-0.1, -0.05) is 13.8 Å². The van der Waals surface area contributed by atoms with E-state index in [0.717, 1.165) is 11.0 Å². The molecule has 1 unspecified atom stereocenters. The number of hydrogen-bond acceptors (Lipinski definition) is 3. The Morgan fingerprint density at radius 1 is 1.33 bits per heavy atom. The average molecular weight is 288 g/mol. The Bertz CT molecular complexity index is 645. The summed E-state index contributed by atoms with van der Waals surface area (Å²) in [7, 11) is 0. The van der Waals surface area contributed by atoms with Crippen molar-refractivity contribution in [2.24, 2.45) is 5.73 Å². The van der Waals surface area contributed by atoms with Gasteiger partial charge in [0, 0.05) is 12.6 Å². The first-order valence-electron chi connectivity index (χ1n) is 7.36. The number of aryl methyl sites for hydroxylation is 3. The molecule has 1 amide bonds. The molecule has 3 N–H and O–H groups in total. The molecule has 1 heterocycles. The van der Waals surface area contributed by atoms with Gasteiger partial charge in [0.05, 0.1) is 23.4 Å². The van der Waals surface area contributed by atoms with Gasteiger partial charge in [-0.15, -0.1) is 0 Å². The molecular weight excluding hydrogens is 264 g/mol. The van der Waals surface area contributed by atoms with Crippen LogP contribution in [0.3, 0.4) is 0 Å². The Hall–Kier alpha value is -1.88. The summed E-state index contributed by atoms with van der Waals surface area (Å²) in [5.41, 5.74) is 10.0. The predicted octanol–water partition coefficient (Wildman–Crippen LogP) is 1.90. The first-order valence-corrected chi connectivity index (χ1v) is 7.36. The van der Waals surface area contributed by atoms with Gasteiger partial charge in [0.15, 0.2) is 0 Å². The minimum atomic E-state index is -0.311. The van der Waals surface area contributed by atoms with E-state index in [1.54, 1.807) is 0 Å². The number of carbonyl (C=O) groups excluding carboxylic acids is 1. The second-order valence-electron chi connectivity index (χ2n) is 5.93. The van der Waals surface area contributed by atoms with Crippen LogP contribution < -0.4 is 11.1 Å². The molecular formula is C16H24N4O. The standard InChI is InChI=1S/C16H24N4O/c1-10(2)19-13(16(17)21)5-6-20-9-18-14-7-11(3)12(4)8-15(14)20/h7-10,13,19H,5-6H2,1-4H3,(H2,17,21). The summed E-state index contributed by atoms with van der Waals surface area (Å²) in [6.07, 6.45) is 2.49. The minimum Gasteiger partial charge on any atom is -0.368 e. The maximum absolute atomic E-state index is 11.5.